The molecule has 1 saturated heterocycles. The van der Waals surface area contributed by atoms with Crippen LogP contribution in [0.2, 0.25) is 0 Å². The van der Waals surface area contributed by atoms with Gasteiger partial charge in [0.05, 0.1) is 18.8 Å². The van der Waals surface area contributed by atoms with E-state index in [1.165, 1.54) is 12.1 Å². The predicted molar refractivity (Wildman–Crippen MR) is 75.0 cm³/mol. The highest BCUT2D eigenvalue weighted by molar-refractivity contribution is 5.24. The molecule has 0 amide bonds. The van der Waals surface area contributed by atoms with Gasteiger partial charge in [-0.25, -0.2) is 0 Å². The molecule has 1 aliphatic heterocycles. The summed E-state index contributed by atoms with van der Waals surface area (Å²) in [7, 11) is 0. The largest absolute Gasteiger partial charge is 0.416 e. The highest BCUT2D eigenvalue weighted by atomic mass is 19.4. The average molecular weight is 302 g/mol. The first kappa shape index (κ1) is 16.3. The van der Waals surface area contributed by atoms with E-state index in [0.29, 0.717) is 6.54 Å². The Labute approximate surface area is 123 Å². The maximum absolute atomic E-state index is 12.4. The Balaban J connectivity index is 1.62. The van der Waals surface area contributed by atoms with Crippen molar-refractivity contribution in [2.24, 2.45) is 0 Å². The zero-order valence-electron chi connectivity index (χ0n) is 12.0. The summed E-state index contributed by atoms with van der Waals surface area (Å²) in [6, 6.07) is 5.31. The highest BCUT2D eigenvalue weighted by Crippen LogP contribution is 2.28. The molecule has 21 heavy (non-hydrogen) atoms. The van der Waals surface area contributed by atoms with E-state index < -0.39 is 11.7 Å². The van der Waals surface area contributed by atoms with Crippen molar-refractivity contribution < 1.29 is 17.9 Å². The molecule has 6 heteroatoms. The summed E-state index contributed by atoms with van der Waals surface area (Å²) in [6.45, 7) is 6.07. The lowest BCUT2D eigenvalue weighted by Gasteiger charge is -2.26. The summed E-state index contributed by atoms with van der Waals surface area (Å²) in [6.07, 6.45) is -3.23. The molecule has 1 N–H and O–H groups in total. The van der Waals surface area contributed by atoms with E-state index >= 15 is 0 Å². The molecule has 1 aromatic carbocycles. The molecular formula is C15H21F3N2O. The van der Waals surface area contributed by atoms with Crippen LogP contribution in [0.4, 0.5) is 13.2 Å². The summed E-state index contributed by atoms with van der Waals surface area (Å²) < 4.78 is 42.5. The second-order valence-corrected chi connectivity index (χ2v) is 5.18. The summed E-state index contributed by atoms with van der Waals surface area (Å²) >= 11 is 0. The molecule has 0 atom stereocenters. The van der Waals surface area contributed by atoms with Crippen molar-refractivity contribution in [2.75, 3.05) is 39.4 Å². The third-order valence-corrected chi connectivity index (χ3v) is 3.54. The molecule has 0 saturated carbocycles. The molecule has 3 nitrogen and oxygen atoms in total. The first-order valence-electron chi connectivity index (χ1n) is 7.23. The average Bonchev–Trinajstić information content (AvgIpc) is 2.47. The summed E-state index contributed by atoms with van der Waals surface area (Å²) in [4.78, 5) is 2.36. The maximum Gasteiger partial charge on any atom is 0.416 e. The number of rotatable bonds is 6. The summed E-state index contributed by atoms with van der Waals surface area (Å²) in [5.41, 5.74) is 0.271. The van der Waals surface area contributed by atoms with Crippen LogP contribution in [0.5, 0.6) is 0 Å². The van der Waals surface area contributed by atoms with Gasteiger partial charge in [-0.3, -0.25) is 4.90 Å². The lowest BCUT2D eigenvalue weighted by molar-refractivity contribution is -0.137. The molecule has 0 radical (unpaired) electrons. The standard InChI is InChI=1S/C15H21F3N2O/c16-15(17,18)14-4-2-13(3-5-14)12-19-6-1-7-20-8-10-21-11-9-20/h2-5,19H,1,6-12H2. The van der Waals surface area contributed by atoms with Gasteiger partial charge < -0.3 is 10.1 Å². The van der Waals surface area contributed by atoms with Gasteiger partial charge in [0.15, 0.2) is 0 Å². The van der Waals surface area contributed by atoms with Gasteiger partial charge in [0, 0.05) is 19.6 Å². The minimum atomic E-state index is -4.26. The number of nitrogens with one attached hydrogen (secondary N) is 1. The van der Waals surface area contributed by atoms with Crippen molar-refractivity contribution in [3.05, 3.63) is 35.4 Å². The number of halogens is 3. The highest BCUT2D eigenvalue weighted by Gasteiger charge is 2.29. The van der Waals surface area contributed by atoms with Crippen molar-refractivity contribution in [1.82, 2.24) is 10.2 Å². The van der Waals surface area contributed by atoms with E-state index in [9.17, 15) is 13.2 Å². The van der Waals surface area contributed by atoms with Crippen LogP contribution in [0.3, 0.4) is 0 Å². The fourth-order valence-corrected chi connectivity index (χ4v) is 2.30. The first-order valence-corrected chi connectivity index (χ1v) is 7.23. The van der Waals surface area contributed by atoms with Crippen LogP contribution in [0.1, 0.15) is 17.5 Å². The SMILES string of the molecule is FC(F)(F)c1ccc(CNCCCN2CCOCC2)cc1. The predicted octanol–water partition coefficient (Wildman–Crippen LogP) is 2.52. The van der Waals surface area contributed by atoms with Crippen LogP contribution in [-0.4, -0.2) is 44.3 Å². The molecule has 2 rings (SSSR count). The third kappa shape index (κ3) is 5.65. The maximum atomic E-state index is 12.4. The van der Waals surface area contributed by atoms with Crippen LogP contribution >= 0.6 is 0 Å². The molecule has 1 aromatic rings. The zero-order valence-corrected chi connectivity index (χ0v) is 12.0. The molecular weight excluding hydrogens is 281 g/mol. The summed E-state index contributed by atoms with van der Waals surface area (Å²) in [5.74, 6) is 0. The Bertz CT molecular complexity index is 414. The molecule has 0 unspecified atom stereocenters. The number of ether oxygens (including phenoxy) is 1. The van der Waals surface area contributed by atoms with Gasteiger partial charge in [0.1, 0.15) is 0 Å². The normalized spacial score (nSPS) is 17.1. The first-order chi connectivity index (χ1) is 10.1. The lowest BCUT2D eigenvalue weighted by atomic mass is 10.1. The Morgan fingerprint density at radius 2 is 1.76 bits per heavy atom. The molecule has 0 bridgehead atoms. The van der Waals surface area contributed by atoms with E-state index in [1.807, 2.05) is 0 Å². The molecule has 1 aliphatic rings. The topological polar surface area (TPSA) is 24.5 Å². The van der Waals surface area contributed by atoms with Gasteiger partial charge in [-0.15, -0.1) is 0 Å². The number of benzene rings is 1. The molecule has 1 heterocycles. The third-order valence-electron chi connectivity index (χ3n) is 3.54. The van der Waals surface area contributed by atoms with Crippen LogP contribution in [0, 0.1) is 0 Å². The van der Waals surface area contributed by atoms with Crippen LogP contribution < -0.4 is 5.32 Å². The van der Waals surface area contributed by atoms with Crippen LogP contribution in [-0.2, 0) is 17.5 Å². The van der Waals surface area contributed by atoms with E-state index in [2.05, 4.69) is 10.2 Å². The molecule has 0 spiro atoms. The van der Waals surface area contributed by atoms with Gasteiger partial charge in [-0.2, -0.15) is 13.2 Å². The van der Waals surface area contributed by atoms with Gasteiger partial charge in [0.25, 0.3) is 0 Å². The van der Waals surface area contributed by atoms with Crippen LogP contribution in [0.15, 0.2) is 24.3 Å². The minimum absolute atomic E-state index is 0.598. The fraction of sp³-hybridized carbons (Fsp3) is 0.600. The molecule has 118 valence electrons. The smallest absolute Gasteiger partial charge is 0.379 e. The van der Waals surface area contributed by atoms with Crippen molar-refractivity contribution >= 4 is 0 Å². The van der Waals surface area contributed by atoms with Gasteiger partial charge in [-0.05, 0) is 37.2 Å². The van der Waals surface area contributed by atoms with Crippen LogP contribution in [0.25, 0.3) is 0 Å². The molecule has 0 aliphatic carbocycles. The Kier molecular flexibility index (Phi) is 6.02. The molecule has 1 fully saturated rings. The van der Waals surface area contributed by atoms with E-state index in [1.54, 1.807) is 0 Å². The van der Waals surface area contributed by atoms with E-state index in [4.69, 9.17) is 4.74 Å². The zero-order chi connectivity index (χ0) is 15.1. The number of hydrogen-bond acceptors (Lipinski definition) is 3. The summed E-state index contributed by atoms with van der Waals surface area (Å²) in [5, 5.41) is 3.26. The van der Waals surface area contributed by atoms with Gasteiger partial charge >= 0.3 is 6.18 Å². The van der Waals surface area contributed by atoms with E-state index in [0.717, 1.165) is 63.5 Å². The van der Waals surface area contributed by atoms with Gasteiger partial charge in [0.2, 0.25) is 0 Å². The Hall–Kier alpha value is -1.11. The van der Waals surface area contributed by atoms with Gasteiger partial charge in [-0.1, -0.05) is 12.1 Å². The van der Waals surface area contributed by atoms with Crippen molar-refractivity contribution in [3.63, 3.8) is 0 Å². The second-order valence-electron chi connectivity index (χ2n) is 5.18. The number of alkyl halides is 3. The van der Waals surface area contributed by atoms with Crippen molar-refractivity contribution in [3.8, 4) is 0 Å². The Morgan fingerprint density at radius 3 is 2.38 bits per heavy atom. The second kappa shape index (κ2) is 7.77. The Morgan fingerprint density at radius 1 is 1.10 bits per heavy atom. The molecule has 0 aromatic heterocycles. The minimum Gasteiger partial charge on any atom is -0.379 e. The lowest BCUT2D eigenvalue weighted by Crippen LogP contribution is -2.37. The number of nitrogens with zero attached hydrogens (tertiary/aromatic N) is 1. The number of hydrogen-bond donors (Lipinski definition) is 1. The number of morpholine rings is 1. The van der Waals surface area contributed by atoms with Crippen molar-refractivity contribution in [2.45, 2.75) is 19.1 Å². The monoisotopic (exact) mass is 302 g/mol. The van der Waals surface area contributed by atoms with E-state index in [-0.39, 0.29) is 0 Å². The quantitative estimate of drug-likeness (QED) is 0.817. The van der Waals surface area contributed by atoms with Crippen molar-refractivity contribution in [1.29, 1.82) is 0 Å². The fourth-order valence-electron chi connectivity index (χ4n) is 2.30.